The van der Waals surface area contributed by atoms with E-state index >= 15 is 0 Å². The van der Waals surface area contributed by atoms with Crippen molar-refractivity contribution in [3.05, 3.63) is 35.2 Å². The molecule has 2 aromatic rings. The average molecular weight is 350 g/mol. The number of halogens is 3. The zero-order valence-electron chi connectivity index (χ0n) is 10.5. The summed E-state index contributed by atoms with van der Waals surface area (Å²) >= 11 is 17.7. The van der Waals surface area contributed by atoms with Crippen LogP contribution in [0.4, 0.5) is 5.13 Å². The van der Waals surface area contributed by atoms with E-state index in [4.69, 9.17) is 34.8 Å². The van der Waals surface area contributed by atoms with Crippen LogP contribution in [0.5, 0.6) is 0 Å². The van der Waals surface area contributed by atoms with Crippen molar-refractivity contribution >= 4 is 57.2 Å². The molecule has 0 atom stereocenters. The summed E-state index contributed by atoms with van der Waals surface area (Å²) < 4.78 is -1.99. The van der Waals surface area contributed by atoms with E-state index in [1.54, 1.807) is 0 Å². The van der Waals surface area contributed by atoms with Gasteiger partial charge in [-0.05, 0) is 12.0 Å². The molecule has 1 heterocycles. The molecule has 3 nitrogen and oxygen atoms in total. The van der Waals surface area contributed by atoms with Crippen LogP contribution in [0.25, 0.3) is 11.3 Å². The van der Waals surface area contributed by atoms with E-state index < -0.39 is 9.70 Å². The van der Waals surface area contributed by atoms with Gasteiger partial charge in [-0.3, -0.25) is 10.1 Å². The van der Waals surface area contributed by atoms with Crippen molar-refractivity contribution in [1.82, 2.24) is 4.98 Å². The molecule has 0 saturated heterocycles. The lowest BCUT2D eigenvalue weighted by atomic mass is 10.1. The summed E-state index contributed by atoms with van der Waals surface area (Å²) in [4.78, 5) is 15.8. The first-order valence-electron chi connectivity index (χ1n) is 5.83. The Morgan fingerprint density at radius 2 is 1.95 bits per heavy atom. The van der Waals surface area contributed by atoms with E-state index in [1.165, 1.54) is 16.9 Å². The Labute approximate surface area is 135 Å². The minimum absolute atomic E-state index is 0.399. The van der Waals surface area contributed by atoms with Gasteiger partial charge in [-0.2, -0.15) is 0 Å². The standard InChI is InChI=1S/C13H11Cl3N2OS/c1-2-8-3-5-9(6-4-8)10-7-20-12(17-10)18-11(19)13(14,15)16/h3-7H,2H2,1H3,(H,17,18,19). The molecule has 106 valence electrons. The highest BCUT2D eigenvalue weighted by atomic mass is 35.6. The summed E-state index contributed by atoms with van der Waals surface area (Å²) in [6.45, 7) is 2.10. The van der Waals surface area contributed by atoms with Gasteiger partial charge < -0.3 is 0 Å². The van der Waals surface area contributed by atoms with Crippen LogP contribution in [0.1, 0.15) is 12.5 Å². The van der Waals surface area contributed by atoms with Gasteiger partial charge in [0.1, 0.15) is 0 Å². The van der Waals surface area contributed by atoms with Crippen molar-refractivity contribution in [2.45, 2.75) is 17.1 Å². The molecular formula is C13H11Cl3N2OS. The molecule has 1 aromatic carbocycles. The second kappa shape index (κ2) is 6.31. The molecule has 1 N–H and O–H groups in total. The van der Waals surface area contributed by atoms with Gasteiger partial charge in [-0.1, -0.05) is 66.0 Å². The number of nitrogens with one attached hydrogen (secondary N) is 1. The molecule has 20 heavy (non-hydrogen) atoms. The first kappa shape index (κ1) is 15.6. The SMILES string of the molecule is CCc1ccc(-c2csc(NC(=O)C(Cl)(Cl)Cl)n2)cc1. The first-order chi connectivity index (χ1) is 9.40. The van der Waals surface area contributed by atoms with Crippen LogP contribution in [0.2, 0.25) is 0 Å². The molecule has 1 aromatic heterocycles. The third-order valence-electron chi connectivity index (χ3n) is 2.64. The average Bonchev–Trinajstić information content (AvgIpc) is 2.86. The smallest absolute Gasteiger partial charge is 0.278 e. The quantitative estimate of drug-likeness (QED) is 0.817. The molecule has 0 radical (unpaired) electrons. The number of aromatic nitrogens is 1. The number of nitrogens with zero attached hydrogens (tertiary/aromatic N) is 1. The summed E-state index contributed by atoms with van der Waals surface area (Å²) in [6, 6.07) is 8.09. The van der Waals surface area contributed by atoms with E-state index in [1.807, 2.05) is 29.6 Å². The predicted octanol–water partition coefficient (Wildman–Crippen LogP) is 4.68. The Kier molecular flexibility index (Phi) is 4.91. The second-order valence-electron chi connectivity index (χ2n) is 4.04. The van der Waals surface area contributed by atoms with E-state index in [0.29, 0.717) is 5.13 Å². The fourth-order valence-corrected chi connectivity index (χ4v) is 2.40. The highest BCUT2D eigenvalue weighted by Gasteiger charge is 2.31. The van der Waals surface area contributed by atoms with Gasteiger partial charge in [0.15, 0.2) is 5.13 Å². The summed E-state index contributed by atoms with van der Waals surface area (Å²) in [5.74, 6) is -0.718. The topological polar surface area (TPSA) is 42.0 Å². The van der Waals surface area contributed by atoms with Crippen molar-refractivity contribution in [3.63, 3.8) is 0 Å². The normalized spacial score (nSPS) is 11.4. The van der Waals surface area contributed by atoms with Crippen molar-refractivity contribution < 1.29 is 4.79 Å². The largest absolute Gasteiger partial charge is 0.298 e. The Balaban J connectivity index is 2.14. The predicted molar refractivity (Wildman–Crippen MR) is 85.8 cm³/mol. The number of hydrogen-bond donors (Lipinski definition) is 1. The number of benzene rings is 1. The van der Waals surface area contributed by atoms with Gasteiger partial charge >= 0.3 is 0 Å². The summed E-state index contributed by atoms with van der Waals surface area (Å²) in [7, 11) is 0. The minimum atomic E-state index is -1.99. The Hall–Kier alpha value is -0.810. The highest BCUT2D eigenvalue weighted by Crippen LogP contribution is 2.30. The summed E-state index contributed by atoms with van der Waals surface area (Å²) in [5.41, 5.74) is 3.01. The number of rotatable bonds is 3. The molecule has 0 aliphatic heterocycles. The molecule has 0 aliphatic carbocycles. The first-order valence-corrected chi connectivity index (χ1v) is 7.84. The maximum absolute atomic E-state index is 11.5. The zero-order valence-corrected chi connectivity index (χ0v) is 13.6. The van der Waals surface area contributed by atoms with Crippen LogP contribution in [0.3, 0.4) is 0 Å². The molecule has 0 aliphatic rings. The number of aryl methyl sites for hydroxylation is 1. The maximum Gasteiger partial charge on any atom is 0.278 e. The number of amides is 1. The Bertz CT molecular complexity index is 605. The maximum atomic E-state index is 11.5. The fourth-order valence-electron chi connectivity index (χ4n) is 1.54. The van der Waals surface area contributed by atoms with Gasteiger partial charge in [0.05, 0.1) is 5.69 Å². The third kappa shape index (κ3) is 3.85. The molecule has 0 fully saturated rings. The van der Waals surface area contributed by atoms with Gasteiger partial charge in [0.25, 0.3) is 9.70 Å². The molecule has 0 spiro atoms. The molecule has 1 amide bonds. The fraction of sp³-hybridized carbons (Fsp3) is 0.231. The van der Waals surface area contributed by atoms with Crippen LogP contribution in [0, 0.1) is 0 Å². The molecule has 7 heteroatoms. The van der Waals surface area contributed by atoms with Crippen LogP contribution in [-0.2, 0) is 11.2 Å². The van der Waals surface area contributed by atoms with E-state index in [0.717, 1.165) is 17.7 Å². The number of alkyl halides is 3. The number of carbonyl (C=O) groups excluding carboxylic acids is 1. The van der Waals surface area contributed by atoms with Crippen molar-refractivity contribution in [2.75, 3.05) is 5.32 Å². The van der Waals surface area contributed by atoms with E-state index in [9.17, 15) is 4.79 Å². The monoisotopic (exact) mass is 348 g/mol. The van der Waals surface area contributed by atoms with Gasteiger partial charge in [0, 0.05) is 10.9 Å². The summed E-state index contributed by atoms with van der Waals surface area (Å²) in [5, 5.41) is 4.71. The van der Waals surface area contributed by atoms with Crippen molar-refractivity contribution in [3.8, 4) is 11.3 Å². The van der Waals surface area contributed by atoms with Gasteiger partial charge in [0.2, 0.25) is 0 Å². The Morgan fingerprint density at radius 3 is 2.50 bits per heavy atom. The number of carbonyl (C=O) groups is 1. The minimum Gasteiger partial charge on any atom is -0.298 e. The van der Waals surface area contributed by atoms with Gasteiger partial charge in [-0.25, -0.2) is 4.98 Å². The molecule has 0 unspecified atom stereocenters. The van der Waals surface area contributed by atoms with Crippen LogP contribution < -0.4 is 5.32 Å². The van der Waals surface area contributed by atoms with Crippen LogP contribution in [-0.4, -0.2) is 14.7 Å². The lowest BCUT2D eigenvalue weighted by molar-refractivity contribution is -0.115. The molecule has 0 saturated carbocycles. The van der Waals surface area contributed by atoms with E-state index in [-0.39, 0.29) is 0 Å². The number of thiazole rings is 1. The van der Waals surface area contributed by atoms with Gasteiger partial charge in [-0.15, -0.1) is 11.3 Å². The van der Waals surface area contributed by atoms with Crippen LogP contribution in [0.15, 0.2) is 29.6 Å². The molecular weight excluding hydrogens is 339 g/mol. The number of anilines is 1. The van der Waals surface area contributed by atoms with Crippen LogP contribution >= 0.6 is 46.1 Å². The number of hydrogen-bond acceptors (Lipinski definition) is 3. The summed E-state index contributed by atoms with van der Waals surface area (Å²) in [6.07, 6.45) is 0.988. The highest BCUT2D eigenvalue weighted by molar-refractivity contribution is 7.14. The zero-order chi connectivity index (χ0) is 14.8. The lowest BCUT2D eigenvalue weighted by Gasteiger charge is -2.08. The Morgan fingerprint density at radius 1 is 1.30 bits per heavy atom. The lowest BCUT2D eigenvalue weighted by Crippen LogP contribution is -2.26. The van der Waals surface area contributed by atoms with E-state index in [2.05, 4.69) is 17.2 Å². The second-order valence-corrected chi connectivity index (χ2v) is 7.18. The third-order valence-corrected chi connectivity index (χ3v) is 3.91. The van der Waals surface area contributed by atoms with Crippen molar-refractivity contribution in [1.29, 1.82) is 0 Å². The molecule has 2 rings (SSSR count). The van der Waals surface area contributed by atoms with Crippen molar-refractivity contribution in [2.24, 2.45) is 0 Å². The molecule has 0 bridgehead atoms.